The van der Waals surface area contributed by atoms with Crippen molar-refractivity contribution in [1.29, 1.82) is 0 Å². The number of carbonyl (C=O) groups excluding carboxylic acids is 2. The first-order valence-corrected chi connectivity index (χ1v) is 8.79. The molecule has 23 heavy (non-hydrogen) atoms. The summed E-state index contributed by atoms with van der Waals surface area (Å²) in [6.45, 7) is 5.97. The third-order valence-corrected chi connectivity index (χ3v) is 5.06. The molecule has 4 atom stereocenters. The number of esters is 1. The molecule has 1 saturated carbocycles. The van der Waals surface area contributed by atoms with Gasteiger partial charge in [-0.05, 0) is 47.2 Å². The van der Waals surface area contributed by atoms with Crippen molar-refractivity contribution in [3.05, 3.63) is 28.5 Å². The maximum Gasteiger partial charge on any atom is 0.340 e. The molecule has 2 rings (SSSR count). The van der Waals surface area contributed by atoms with Gasteiger partial charge in [0.1, 0.15) is 0 Å². The van der Waals surface area contributed by atoms with Gasteiger partial charge in [-0.15, -0.1) is 0 Å². The summed E-state index contributed by atoms with van der Waals surface area (Å²) in [6, 6.07) is 1.77. The van der Waals surface area contributed by atoms with Gasteiger partial charge in [-0.25, -0.2) is 4.79 Å². The largest absolute Gasteiger partial charge is 0.449 e. The van der Waals surface area contributed by atoms with E-state index >= 15 is 0 Å². The van der Waals surface area contributed by atoms with Gasteiger partial charge in [0.25, 0.3) is 5.91 Å². The Bertz CT molecular complexity index is 579. The van der Waals surface area contributed by atoms with Crippen molar-refractivity contribution in [2.24, 2.45) is 11.8 Å². The zero-order valence-corrected chi connectivity index (χ0v) is 15.3. The number of ether oxygens (including phenoxy) is 1. The van der Waals surface area contributed by atoms with E-state index in [-0.39, 0.29) is 11.9 Å². The predicted molar refractivity (Wildman–Crippen MR) is 90.9 cm³/mol. The van der Waals surface area contributed by atoms with Crippen molar-refractivity contribution >= 4 is 27.8 Å². The van der Waals surface area contributed by atoms with Gasteiger partial charge < -0.3 is 10.1 Å². The average Bonchev–Trinajstić information content (AvgIpc) is 2.51. The molecular formula is C17H23BrN2O3. The van der Waals surface area contributed by atoms with Gasteiger partial charge in [0, 0.05) is 22.9 Å². The number of aromatic nitrogens is 1. The van der Waals surface area contributed by atoms with E-state index in [9.17, 15) is 9.59 Å². The minimum atomic E-state index is -0.828. The standard InChI is InChI=1S/C17H23BrN2O3/c1-10-5-4-6-15(11(10)2)20-16(21)12(3)23-17(22)13-7-14(18)9-19-8-13/h7-12,15H,4-6H2,1-3H3,(H,20,21)/t10-,11+,12+,15-/m1/s1. The number of nitrogens with zero attached hydrogens (tertiary/aromatic N) is 1. The number of carbonyl (C=O) groups is 2. The molecular weight excluding hydrogens is 360 g/mol. The molecule has 1 aromatic rings. The smallest absolute Gasteiger partial charge is 0.340 e. The van der Waals surface area contributed by atoms with Crippen molar-refractivity contribution in [3.63, 3.8) is 0 Å². The lowest BCUT2D eigenvalue weighted by molar-refractivity contribution is -0.130. The molecule has 1 N–H and O–H groups in total. The highest BCUT2D eigenvalue weighted by atomic mass is 79.9. The molecule has 1 aliphatic carbocycles. The number of amides is 1. The molecule has 0 spiro atoms. The summed E-state index contributed by atoms with van der Waals surface area (Å²) < 4.78 is 5.93. The summed E-state index contributed by atoms with van der Waals surface area (Å²) in [5.41, 5.74) is 0.318. The molecule has 0 aromatic carbocycles. The lowest BCUT2D eigenvalue weighted by atomic mass is 9.78. The highest BCUT2D eigenvalue weighted by molar-refractivity contribution is 9.10. The van der Waals surface area contributed by atoms with Crippen LogP contribution in [0.3, 0.4) is 0 Å². The monoisotopic (exact) mass is 382 g/mol. The summed E-state index contributed by atoms with van der Waals surface area (Å²) in [5.74, 6) is 0.239. The third-order valence-electron chi connectivity index (χ3n) is 4.63. The van der Waals surface area contributed by atoms with Gasteiger partial charge in [0.05, 0.1) is 5.56 Å². The van der Waals surface area contributed by atoms with Crippen LogP contribution in [0.4, 0.5) is 0 Å². The zero-order valence-electron chi connectivity index (χ0n) is 13.7. The Morgan fingerprint density at radius 2 is 2.09 bits per heavy atom. The first kappa shape index (κ1) is 17.9. The Balaban J connectivity index is 1.91. The molecule has 0 bridgehead atoms. The van der Waals surface area contributed by atoms with E-state index in [1.807, 2.05) is 0 Å². The Labute approximate surface area is 145 Å². The van der Waals surface area contributed by atoms with Crippen molar-refractivity contribution in [3.8, 4) is 0 Å². The van der Waals surface area contributed by atoms with Gasteiger partial charge in [-0.1, -0.05) is 26.7 Å². The summed E-state index contributed by atoms with van der Waals surface area (Å²) >= 11 is 3.25. The molecule has 6 heteroatoms. The van der Waals surface area contributed by atoms with Crippen molar-refractivity contribution in [2.75, 3.05) is 0 Å². The van der Waals surface area contributed by atoms with Gasteiger partial charge in [0.15, 0.2) is 6.10 Å². The first-order valence-electron chi connectivity index (χ1n) is 8.00. The van der Waals surface area contributed by atoms with Crippen LogP contribution in [0.2, 0.25) is 0 Å². The van der Waals surface area contributed by atoms with Crippen molar-refractivity contribution in [2.45, 2.75) is 52.2 Å². The van der Waals surface area contributed by atoms with E-state index in [4.69, 9.17) is 4.74 Å². The minimum Gasteiger partial charge on any atom is -0.449 e. The van der Waals surface area contributed by atoms with Crippen LogP contribution in [0, 0.1) is 11.8 Å². The van der Waals surface area contributed by atoms with E-state index < -0.39 is 12.1 Å². The zero-order chi connectivity index (χ0) is 17.0. The van der Waals surface area contributed by atoms with Crippen LogP contribution < -0.4 is 5.32 Å². The number of halogens is 1. The van der Waals surface area contributed by atoms with Gasteiger partial charge in [0.2, 0.25) is 0 Å². The van der Waals surface area contributed by atoms with Crippen LogP contribution in [-0.4, -0.2) is 29.0 Å². The Morgan fingerprint density at radius 3 is 2.78 bits per heavy atom. The second-order valence-electron chi connectivity index (χ2n) is 6.32. The van der Waals surface area contributed by atoms with E-state index in [1.54, 1.807) is 19.2 Å². The topological polar surface area (TPSA) is 68.3 Å². The quantitative estimate of drug-likeness (QED) is 0.810. The summed E-state index contributed by atoms with van der Waals surface area (Å²) in [7, 11) is 0. The Hall–Kier alpha value is -1.43. The summed E-state index contributed by atoms with van der Waals surface area (Å²) in [5, 5.41) is 3.03. The summed E-state index contributed by atoms with van der Waals surface area (Å²) in [4.78, 5) is 28.3. The highest BCUT2D eigenvalue weighted by Crippen LogP contribution is 2.29. The van der Waals surface area contributed by atoms with Gasteiger partial charge >= 0.3 is 5.97 Å². The third kappa shape index (κ3) is 4.77. The van der Waals surface area contributed by atoms with Crippen LogP contribution in [0.5, 0.6) is 0 Å². The lowest BCUT2D eigenvalue weighted by Crippen LogP contribution is -2.47. The number of rotatable bonds is 4. The van der Waals surface area contributed by atoms with E-state index in [0.717, 1.165) is 12.8 Å². The van der Waals surface area contributed by atoms with E-state index in [1.165, 1.54) is 12.6 Å². The molecule has 5 nitrogen and oxygen atoms in total. The fraction of sp³-hybridized carbons (Fsp3) is 0.588. The maximum absolute atomic E-state index is 12.3. The normalized spacial score (nSPS) is 25.5. The highest BCUT2D eigenvalue weighted by Gasteiger charge is 2.30. The van der Waals surface area contributed by atoms with Crippen molar-refractivity contribution in [1.82, 2.24) is 10.3 Å². The van der Waals surface area contributed by atoms with Crippen LogP contribution >= 0.6 is 15.9 Å². The number of hydrogen-bond donors (Lipinski definition) is 1. The second kappa shape index (κ2) is 7.90. The van der Waals surface area contributed by atoms with Crippen LogP contribution in [0.15, 0.2) is 22.9 Å². The van der Waals surface area contributed by atoms with Crippen LogP contribution in [-0.2, 0) is 9.53 Å². The molecule has 0 radical (unpaired) electrons. The average molecular weight is 383 g/mol. The lowest BCUT2D eigenvalue weighted by Gasteiger charge is -2.35. The summed E-state index contributed by atoms with van der Waals surface area (Å²) in [6.07, 6.45) is 5.47. The fourth-order valence-electron chi connectivity index (χ4n) is 2.89. The van der Waals surface area contributed by atoms with Crippen LogP contribution in [0.1, 0.15) is 50.4 Å². The molecule has 1 heterocycles. The van der Waals surface area contributed by atoms with Gasteiger partial charge in [-0.3, -0.25) is 9.78 Å². The van der Waals surface area contributed by atoms with E-state index in [2.05, 4.69) is 40.1 Å². The molecule has 0 unspecified atom stereocenters. The fourth-order valence-corrected chi connectivity index (χ4v) is 3.26. The van der Waals surface area contributed by atoms with Crippen LogP contribution in [0.25, 0.3) is 0 Å². The van der Waals surface area contributed by atoms with Crippen molar-refractivity contribution < 1.29 is 14.3 Å². The predicted octanol–water partition coefficient (Wildman–Crippen LogP) is 3.33. The molecule has 1 amide bonds. The Morgan fingerprint density at radius 1 is 1.35 bits per heavy atom. The Kier molecular flexibility index (Phi) is 6.16. The number of hydrogen-bond acceptors (Lipinski definition) is 4. The first-order chi connectivity index (χ1) is 10.9. The van der Waals surface area contributed by atoms with E-state index in [0.29, 0.717) is 21.9 Å². The number of pyridine rings is 1. The maximum atomic E-state index is 12.3. The second-order valence-corrected chi connectivity index (χ2v) is 7.24. The molecule has 0 aliphatic heterocycles. The molecule has 126 valence electrons. The molecule has 1 aromatic heterocycles. The minimum absolute atomic E-state index is 0.153. The molecule has 0 saturated heterocycles. The molecule has 1 fully saturated rings. The number of nitrogens with one attached hydrogen (secondary N) is 1. The van der Waals surface area contributed by atoms with Gasteiger partial charge in [-0.2, -0.15) is 0 Å². The SMILES string of the molecule is C[C@H]1[C@H](C)CCC[C@H]1NC(=O)[C@H](C)OC(=O)c1cncc(Br)c1. The molecule has 1 aliphatic rings.